The Labute approximate surface area is 180 Å². The van der Waals surface area contributed by atoms with Gasteiger partial charge in [-0.1, -0.05) is 35.3 Å². The van der Waals surface area contributed by atoms with E-state index in [2.05, 4.69) is 14.8 Å². The summed E-state index contributed by atoms with van der Waals surface area (Å²) in [7, 11) is 0. The predicted molar refractivity (Wildman–Crippen MR) is 111 cm³/mol. The fourth-order valence-electron chi connectivity index (χ4n) is 3.32. The molecule has 0 atom stereocenters. The first-order chi connectivity index (χ1) is 14.3. The van der Waals surface area contributed by atoms with E-state index in [9.17, 15) is 13.9 Å². The molecule has 0 aliphatic rings. The second-order valence-electron chi connectivity index (χ2n) is 6.64. The first kappa shape index (κ1) is 20.4. The third-order valence-corrected chi connectivity index (χ3v) is 5.24. The third kappa shape index (κ3) is 3.91. The van der Waals surface area contributed by atoms with E-state index in [4.69, 9.17) is 23.2 Å². The van der Waals surface area contributed by atoms with Crippen LogP contribution >= 0.6 is 23.2 Å². The number of hydrogen-bond acceptors (Lipinski definition) is 4. The van der Waals surface area contributed by atoms with Gasteiger partial charge in [0, 0.05) is 23.6 Å². The fourth-order valence-corrected chi connectivity index (χ4v) is 3.65. The van der Waals surface area contributed by atoms with Gasteiger partial charge >= 0.3 is 6.61 Å². The van der Waals surface area contributed by atoms with Crippen molar-refractivity contribution in [3.63, 3.8) is 0 Å². The lowest BCUT2D eigenvalue weighted by Crippen LogP contribution is -2.09. The Morgan fingerprint density at radius 3 is 2.50 bits per heavy atom. The fraction of sp³-hybridized carbons (Fsp3) is 0.143. The van der Waals surface area contributed by atoms with Crippen molar-refractivity contribution in [2.24, 2.45) is 0 Å². The molecule has 0 spiro atoms. The summed E-state index contributed by atoms with van der Waals surface area (Å²) < 4.78 is 32.4. The molecule has 1 N–H and O–H groups in total. The van der Waals surface area contributed by atoms with E-state index in [-0.39, 0.29) is 28.6 Å². The van der Waals surface area contributed by atoms with Crippen LogP contribution in [0.3, 0.4) is 0 Å². The van der Waals surface area contributed by atoms with Crippen molar-refractivity contribution in [3.05, 3.63) is 75.5 Å². The lowest BCUT2D eigenvalue weighted by atomic mass is 9.97. The highest BCUT2D eigenvalue weighted by Crippen LogP contribution is 2.38. The average Bonchev–Trinajstić information content (AvgIpc) is 3.14. The molecule has 2 aromatic carbocycles. The summed E-state index contributed by atoms with van der Waals surface area (Å²) >= 11 is 12.1. The van der Waals surface area contributed by atoms with Crippen LogP contribution in [0.5, 0.6) is 11.6 Å². The molecule has 0 amide bonds. The molecule has 0 bridgehead atoms. The molecule has 0 saturated heterocycles. The number of halogens is 4. The van der Waals surface area contributed by atoms with E-state index >= 15 is 0 Å². The molecule has 0 unspecified atom stereocenters. The van der Waals surface area contributed by atoms with Crippen molar-refractivity contribution in [1.29, 1.82) is 0 Å². The van der Waals surface area contributed by atoms with Gasteiger partial charge in [-0.3, -0.25) is 0 Å². The molecule has 4 rings (SSSR count). The van der Waals surface area contributed by atoms with Gasteiger partial charge in [0.1, 0.15) is 5.75 Å². The number of phenolic OH excluding ortho intramolecular Hbond substituents is 1. The van der Waals surface area contributed by atoms with Crippen molar-refractivity contribution >= 4 is 34.1 Å². The van der Waals surface area contributed by atoms with Gasteiger partial charge in [0.2, 0.25) is 5.88 Å². The SMILES string of the molecule is Cc1c(Cc2ccc(-n3cc(Cl)cn3)cc2)c(OC(F)F)nc2c(Cl)ccc(O)c12. The quantitative estimate of drug-likeness (QED) is 0.409. The van der Waals surface area contributed by atoms with E-state index < -0.39 is 6.61 Å². The Morgan fingerprint density at radius 1 is 1.13 bits per heavy atom. The molecule has 4 aromatic rings. The van der Waals surface area contributed by atoms with Gasteiger partial charge in [0.25, 0.3) is 0 Å². The van der Waals surface area contributed by atoms with Crippen LogP contribution in [0, 0.1) is 6.92 Å². The van der Waals surface area contributed by atoms with Gasteiger partial charge in [0.05, 0.1) is 27.4 Å². The highest BCUT2D eigenvalue weighted by Gasteiger charge is 2.20. The van der Waals surface area contributed by atoms with Crippen LogP contribution in [0.1, 0.15) is 16.7 Å². The number of aromatic nitrogens is 3. The molecule has 0 aliphatic heterocycles. The number of nitrogens with zero attached hydrogens (tertiary/aromatic N) is 3. The number of pyridine rings is 1. The minimum atomic E-state index is -3.05. The van der Waals surface area contributed by atoms with E-state index in [1.807, 2.05) is 24.3 Å². The van der Waals surface area contributed by atoms with E-state index in [0.29, 0.717) is 21.5 Å². The smallest absolute Gasteiger partial charge is 0.388 e. The number of ether oxygens (including phenoxy) is 1. The van der Waals surface area contributed by atoms with Crippen molar-refractivity contribution in [2.75, 3.05) is 0 Å². The molecule has 30 heavy (non-hydrogen) atoms. The topological polar surface area (TPSA) is 60.2 Å². The maximum atomic E-state index is 13.0. The largest absolute Gasteiger partial charge is 0.507 e. The number of phenols is 1. The first-order valence-corrected chi connectivity index (χ1v) is 9.64. The Hall–Kier alpha value is -2.90. The van der Waals surface area contributed by atoms with Crippen molar-refractivity contribution < 1.29 is 18.6 Å². The number of benzene rings is 2. The van der Waals surface area contributed by atoms with Gasteiger partial charge in [-0.15, -0.1) is 0 Å². The number of hydrogen-bond donors (Lipinski definition) is 1. The summed E-state index contributed by atoms with van der Waals surface area (Å²) in [5, 5.41) is 15.6. The lowest BCUT2D eigenvalue weighted by molar-refractivity contribution is -0.0532. The van der Waals surface area contributed by atoms with Gasteiger partial charge in [-0.25, -0.2) is 9.67 Å². The Kier molecular flexibility index (Phi) is 5.49. The predicted octanol–water partition coefficient (Wildman–Crippen LogP) is 5.93. The van der Waals surface area contributed by atoms with Gasteiger partial charge < -0.3 is 9.84 Å². The summed E-state index contributed by atoms with van der Waals surface area (Å²) in [6.07, 6.45) is 3.48. The summed E-state index contributed by atoms with van der Waals surface area (Å²) in [5.41, 5.74) is 2.85. The number of aromatic hydroxyl groups is 1. The Balaban J connectivity index is 1.77. The third-order valence-electron chi connectivity index (χ3n) is 4.74. The lowest BCUT2D eigenvalue weighted by Gasteiger charge is -2.16. The van der Waals surface area contributed by atoms with Crippen LogP contribution in [0.4, 0.5) is 8.78 Å². The van der Waals surface area contributed by atoms with Crippen LogP contribution in [0.15, 0.2) is 48.8 Å². The molecule has 0 aliphatic carbocycles. The zero-order valence-electron chi connectivity index (χ0n) is 15.6. The number of fused-ring (bicyclic) bond motifs is 1. The number of alkyl halides is 2. The van der Waals surface area contributed by atoms with E-state index in [0.717, 1.165) is 11.3 Å². The maximum Gasteiger partial charge on any atom is 0.388 e. The summed E-state index contributed by atoms with van der Waals surface area (Å²) in [4.78, 5) is 4.18. The molecule has 2 heterocycles. The normalized spacial score (nSPS) is 11.4. The molecule has 5 nitrogen and oxygen atoms in total. The highest BCUT2D eigenvalue weighted by molar-refractivity contribution is 6.35. The molecule has 154 valence electrons. The molecular formula is C21H15Cl2F2N3O2. The molecule has 0 fully saturated rings. The second-order valence-corrected chi connectivity index (χ2v) is 7.48. The Bertz CT molecular complexity index is 1230. The summed E-state index contributed by atoms with van der Waals surface area (Å²) in [6, 6.07) is 10.3. The van der Waals surface area contributed by atoms with Gasteiger partial charge in [0.15, 0.2) is 0 Å². The average molecular weight is 450 g/mol. The van der Waals surface area contributed by atoms with Crippen LogP contribution in [0.25, 0.3) is 16.6 Å². The zero-order valence-corrected chi connectivity index (χ0v) is 17.1. The monoisotopic (exact) mass is 449 g/mol. The summed E-state index contributed by atoms with van der Waals surface area (Å²) in [6.45, 7) is -1.33. The Morgan fingerprint density at radius 2 is 1.87 bits per heavy atom. The summed E-state index contributed by atoms with van der Waals surface area (Å²) in [5.74, 6) is -0.249. The number of rotatable bonds is 5. The van der Waals surface area contributed by atoms with Gasteiger partial charge in [-0.05, 0) is 42.3 Å². The second kappa shape index (κ2) is 8.08. The van der Waals surface area contributed by atoms with Gasteiger partial charge in [-0.2, -0.15) is 13.9 Å². The highest BCUT2D eigenvalue weighted by atomic mass is 35.5. The molecule has 9 heteroatoms. The van der Waals surface area contributed by atoms with Crippen molar-refractivity contribution in [3.8, 4) is 17.3 Å². The first-order valence-electron chi connectivity index (χ1n) is 8.88. The van der Waals surface area contributed by atoms with Crippen LogP contribution in [-0.2, 0) is 6.42 Å². The van der Waals surface area contributed by atoms with Crippen molar-refractivity contribution in [2.45, 2.75) is 20.0 Å². The standard InChI is InChI=1S/C21H15Cl2F2N3O2/c1-11-15(8-12-2-4-14(5-3-12)28-10-13(22)9-26-28)20(30-21(24)25)27-19-16(23)6-7-17(29)18(11)19/h2-7,9-10,21,29H,8H2,1H3. The zero-order chi connectivity index (χ0) is 21.4. The molecule has 0 radical (unpaired) electrons. The van der Waals surface area contributed by atoms with Crippen molar-refractivity contribution in [1.82, 2.24) is 14.8 Å². The van der Waals surface area contributed by atoms with Crippen LogP contribution in [0.2, 0.25) is 10.0 Å². The minimum Gasteiger partial charge on any atom is -0.507 e. The molecular weight excluding hydrogens is 435 g/mol. The van der Waals surface area contributed by atoms with E-state index in [1.54, 1.807) is 17.8 Å². The van der Waals surface area contributed by atoms with Crippen LogP contribution in [-0.4, -0.2) is 26.5 Å². The minimum absolute atomic E-state index is 0.0323. The number of aryl methyl sites for hydroxylation is 1. The van der Waals surface area contributed by atoms with E-state index in [1.165, 1.54) is 18.3 Å². The van der Waals surface area contributed by atoms with Crippen LogP contribution < -0.4 is 4.74 Å². The molecule has 2 aromatic heterocycles. The maximum absolute atomic E-state index is 13.0. The molecule has 0 saturated carbocycles.